The Balaban J connectivity index is 1.59. The van der Waals surface area contributed by atoms with Gasteiger partial charge in [0.05, 0.1) is 10.9 Å². The Morgan fingerprint density at radius 2 is 2.04 bits per heavy atom. The van der Waals surface area contributed by atoms with Gasteiger partial charge in [0.1, 0.15) is 5.82 Å². The lowest BCUT2D eigenvalue weighted by atomic mass is 9.97. The molecule has 3 heterocycles. The summed E-state index contributed by atoms with van der Waals surface area (Å²) in [4.78, 5) is 23.8. The average Bonchev–Trinajstić information content (AvgIpc) is 2.81. The fourth-order valence-electron chi connectivity index (χ4n) is 3.55. The monoisotopic (exact) mass is 336 g/mol. The molecule has 2 fully saturated rings. The number of hydrogen-bond donors (Lipinski definition) is 0. The van der Waals surface area contributed by atoms with Gasteiger partial charge in [-0.1, -0.05) is 11.6 Å². The summed E-state index contributed by atoms with van der Waals surface area (Å²) in [6.45, 7) is 5.41. The summed E-state index contributed by atoms with van der Waals surface area (Å²) in [6.07, 6.45) is 4.82. The zero-order valence-corrected chi connectivity index (χ0v) is 14.5. The number of nitrogens with zero attached hydrogens (tertiary/aromatic N) is 4. The van der Waals surface area contributed by atoms with Crippen LogP contribution in [-0.2, 0) is 4.79 Å². The topological polar surface area (TPSA) is 39.7 Å². The maximum atomic E-state index is 12.8. The van der Waals surface area contributed by atoms with E-state index in [0.29, 0.717) is 10.9 Å². The molecule has 6 heteroatoms. The van der Waals surface area contributed by atoms with E-state index in [4.69, 9.17) is 11.6 Å². The minimum Gasteiger partial charge on any atom is -0.355 e. The third-order valence-electron chi connectivity index (χ3n) is 4.82. The lowest BCUT2D eigenvalue weighted by Crippen LogP contribution is -2.44. The van der Waals surface area contributed by atoms with Crippen molar-refractivity contribution < 1.29 is 4.79 Å². The van der Waals surface area contributed by atoms with Gasteiger partial charge in [0.2, 0.25) is 5.91 Å². The van der Waals surface area contributed by atoms with Gasteiger partial charge in [-0.2, -0.15) is 0 Å². The Kier molecular flexibility index (Phi) is 5.38. The Labute approximate surface area is 143 Å². The molecule has 0 aliphatic carbocycles. The predicted octanol–water partition coefficient (Wildman–Crippen LogP) is 2.12. The number of likely N-dealkylation sites (tertiary alicyclic amines) is 1. The number of halogens is 1. The van der Waals surface area contributed by atoms with Crippen LogP contribution in [-0.4, -0.2) is 67.0 Å². The molecule has 2 aliphatic heterocycles. The quantitative estimate of drug-likeness (QED) is 0.829. The Bertz CT molecular complexity index is 536. The Morgan fingerprint density at radius 1 is 1.17 bits per heavy atom. The first-order chi connectivity index (χ1) is 11.1. The largest absolute Gasteiger partial charge is 0.355 e. The molecule has 1 atom stereocenters. The Morgan fingerprint density at radius 3 is 2.78 bits per heavy atom. The maximum absolute atomic E-state index is 12.8. The summed E-state index contributed by atoms with van der Waals surface area (Å²) in [5, 5.41) is 0.654. The van der Waals surface area contributed by atoms with Gasteiger partial charge in [0.15, 0.2) is 0 Å². The first-order valence-electron chi connectivity index (χ1n) is 8.47. The van der Waals surface area contributed by atoms with E-state index in [9.17, 15) is 4.79 Å². The predicted molar refractivity (Wildman–Crippen MR) is 92.9 cm³/mol. The van der Waals surface area contributed by atoms with Crippen LogP contribution in [0.4, 0.5) is 5.82 Å². The zero-order chi connectivity index (χ0) is 16.2. The van der Waals surface area contributed by atoms with Crippen molar-refractivity contribution in [2.75, 3.05) is 51.2 Å². The average molecular weight is 337 g/mol. The van der Waals surface area contributed by atoms with Crippen LogP contribution in [0.5, 0.6) is 0 Å². The summed E-state index contributed by atoms with van der Waals surface area (Å²) >= 11 is 5.91. The molecule has 0 bridgehead atoms. The first-order valence-corrected chi connectivity index (χ1v) is 8.85. The van der Waals surface area contributed by atoms with Gasteiger partial charge in [0, 0.05) is 38.9 Å². The summed E-state index contributed by atoms with van der Waals surface area (Å²) < 4.78 is 0. The minimum absolute atomic E-state index is 0.175. The molecule has 0 spiro atoms. The number of carbonyl (C=O) groups is 1. The third kappa shape index (κ3) is 4.15. The van der Waals surface area contributed by atoms with E-state index in [0.717, 1.165) is 64.3 Å². The number of carbonyl (C=O) groups excluding carboxylic acids is 1. The van der Waals surface area contributed by atoms with Crippen LogP contribution in [0.2, 0.25) is 5.02 Å². The van der Waals surface area contributed by atoms with E-state index < -0.39 is 0 Å². The molecule has 126 valence electrons. The number of hydrogen-bond acceptors (Lipinski definition) is 4. The van der Waals surface area contributed by atoms with E-state index in [1.165, 1.54) is 0 Å². The lowest BCUT2D eigenvalue weighted by Gasteiger charge is -2.32. The van der Waals surface area contributed by atoms with Gasteiger partial charge in [-0.25, -0.2) is 4.98 Å². The highest BCUT2D eigenvalue weighted by molar-refractivity contribution is 6.30. The van der Waals surface area contributed by atoms with Gasteiger partial charge >= 0.3 is 0 Å². The van der Waals surface area contributed by atoms with Crippen LogP contribution in [0.1, 0.15) is 19.3 Å². The van der Waals surface area contributed by atoms with Crippen molar-refractivity contribution in [2.24, 2.45) is 5.92 Å². The molecule has 0 aromatic carbocycles. The smallest absolute Gasteiger partial charge is 0.227 e. The molecule has 2 aliphatic rings. The van der Waals surface area contributed by atoms with Crippen molar-refractivity contribution in [2.45, 2.75) is 19.3 Å². The summed E-state index contributed by atoms with van der Waals surface area (Å²) in [7, 11) is 2.11. The third-order valence-corrected chi connectivity index (χ3v) is 5.04. The van der Waals surface area contributed by atoms with E-state index >= 15 is 0 Å². The summed E-state index contributed by atoms with van der Waals surface area (Å²) in [5.41, 5.74) is 0. The fraction of sp³-hybridized carbons (Fsp3) is 0.647. The van der Waals surface area contributed by atoms with E-state index in [2.05, 4.69) is 26.7 Å². The van der Waals surface area contributed by atoms with Crippen molar-refractivity contribution in [3.05, 3.63) is 23.4 Å². The van der Waals surface area contributed by atoms with E-state index in [-0.39, 0.29) is 5.92 Å². The zero-order valence-electron chi connectivity index (χ0n) is 13.7. The second kappa shape index (κ2) is 7.49. The van der Waals surface area contributed by atoms with Crippen molar-refractivity contribution >= 4 is 23.3 Å². The molecule has 5 nitrogen and oxygen atoms in total. The molecule has 1 aromatic heterocycles. The van der Waals surface area contributed by atoms with Crippen molar-refractivity contribution in [1.82, 2.24) is 14.8 Å². The highest BCUT2D eigenvalue weighted by Gasteiger charge is 2.29. The van der Waals surface area contributed by atoms with Crippen molar-refractivity contribution in [3.8, 4) is 0 Å². The SMILES string of the molecule is CN1CCCC(C(=O)N2CCCN(c3ccc(Cl)cn3)CC2)C1. The molecule has 2 saturated heterocycles. The molecule has 0 radical (unpaired) electrons. The number of piperidine rings is 1. The molecule has 1 unspecified atom stereocenters. The van der Waals surface area contributed by atoms with Gasteiger partial charge < -0.3 is 14.7 Å². The van der Waals surface area contributed by atoms with Crippen LogP contribution >= 0.6 is 11.6 Å². The molecular formula is C17H25ClN4O. The van der Waals surface area contributed by atoms with Crippen LogP contribution in [0.3, 0.4) is 0 Å². The van der Waals surface area contributed by atoms with E-state index in [1.807, 2.05) is 12.1 Å². The second-order valence-electron chi connectivity index (χ2n) is 6.60. The minimum atomic E-state index is 0.175. The van der Waals surface area contributed by atoms with Crippen LogP contribution in [0.25, 0.3) is 0 Å². The highest BCUT2D eigenvalue weighted by Crippen LogP contribution is 2.20. The number of amides is 1. The second-order valence-corrected chi connectivity index (χ2v) is 7.04. The summed E-state index contributed by atoms with van der Waals surface area (Å²) in [6, 6.07) is 3.82. The number of rotatable bonds is 2. The molecule has 1 aromatic rings. The van der Waals surface area contributed by atoms with Gasteiger partial charge in [-0.3, -0.25) is 4.79 Å². The van der Waals surface area contributed by atoms with Crippen LogP contribution in [0.15, 0.2) is 18.3 Å². The highest BCUT2D eigenvalue weighted by atomic mass is 35.5. The van der Waals surface area contributed by atoms with Crippen LogP contribution < -0.4 is 4.90 Å². The standard InChI is InChI=1S/C17H25ClN4O/c1-20-7-2-4-14(13-20)17(23)22-9-3-8-21(10-11-22)16-6-5-15(18)12-19-16/h5-6,12,14H,2-4,7-11,13H2,1H3. The molecule has 23 heavy (non-hydrogen) atoms. The number of anilines is 1. The first kappa shape index (κ1) is 16.5. The number of aromatic nitrogens is 1. The number of pyridine rings is 1. The van der Waals surface area contributed by atoms with Gasteiger partial charge in [0.25, 0.3) is 0 Å². The maximum Gasteiger partial charge on any atom is 0.227 e. The molecule has 0 N–H and O–H groups in total. The molecule has 0 saturated carbocycles. The van der Waals surface area contributed by atoms with E-state index in [1.54, 1.807) is 6.20 Å². The lowest BCUT2D eigenvalue weighted by molar-refractivity contribution is -0.136. The molecular weight excluding hydrogens is 312 g/mol. The normalized spacial score (nSPS) is 23.7. The summed E-state index contributed by atoms with van der Waals surface area (Å²) in [5.74, 6) is 1.46. The van der Waals surface area contributed by atoms with Crippen molar-refractivity contribution in [1.29, 1.82) is 0 Å². The fourth-order valence-corrected chi connectivity index (χ4v) is 3.66. The van der Waals surface area contributed by atoms with Crippen LogP contribution in [0, 0.1) is 5.92 Å². The van der Waals surface area contributed by atoms with Crippen molar-refractivity contribution in [3.63, 3.8) is 0 Å². The Hall–Kier alpha value is -1.33. The molecule has 3 rings (SSSR count). The van der Waals surface area contributed by atoms with Gasteiger partial charge in [-0.05, 0) is 45.0 Å². The van der Waals surface area contributed by atoms with Gasteiger partial charge in [-0.15, -0.1) is 0 Å². The molecule has 1 amide bonds.